The van der Waals surface area contributed by atoms with Crippen LogP contribution in [0.4, 0.5) is 0 Å². The molecule has 2 aliphatic heterocycles. The highest BCUT2D eigenvalue weighted by Crippen LogP contribution is 2.44. The molecule has 1 aromatic heterocycles. The number of likely N-dealkylation sites (tertiary alicyclic amines) is 1. The first-order valence-electron chi connectivity index (χ1n) is 10.9. The minimum atomic E-state index is -1.06. The highest BCUT2D eigenvalue weighted by Gasteiger charge is 2.58. The van der Waals surface area contributed by atoms with Gasteiger partial charge in [-0.25, -0.2) is 0 Å². The van der Waals surface area contributed by atoms with Crippen molar-refractivity contribution in [2.75, 3.05) is 33.4 Å². The summed E-state index contributed by atoms with van der Waals surface area (Å²) in [6.07, 6.45) is 5.39. The predicted octanol–water partition coefficient (Wildman–Crippen LogP) is 2.22. The van der Waals surface area contributed by atoms with Gasteiger partial charge in [0, 0.05) is 43.9 Å². The molecule has 0 N–H and O–H groups in total. The molecule has 0 radical (unpaired) electrons. The van der Waals surface area contributed by atoms with E-state index in [9.17, 15) is 9.59 Å². The predicted molar refractivity (Wildman–Crippen MR) is 113 cm³/mol. The minimum Gasteiger partial charge on any atom is -0.497 e. The maximum Gasteiger partial charge on any atom is 0.257 e. The third-order valence-corrected chi connectivity index (χ3v) is 6.62. The Kier molecular flexibility index (Phi) is 5.14. The van der Waals surface area contributed by atoms with E-state index < -0.39 is 5.60 Å². The zero-order valence-electron chi connectivity index (χ0n) is 17.7. The topological polar surface area (TPSA) is 72.0 Å². The molecular weight excluding hydrogens is 394 g/mol. The smallest absolute Gasteiger partial charge is 0.257 e. The van der Waals surface area contributed by atoms with E-state index in [1.54, 1.807) is 19.5 Å². The van der Waals surface area contributed by atoms with Gasteiger partial charge < -0.3 is 19.3 Å². The molecule has 2 amide bonds. The molecule has 7 heteroatoms. The van der Waals surface area contributed by atoms with Gasteiger partial charge in [0.1, 0.15) is 5.75 Å². The summed E-state index contributed by atoms with van der Waals surface area (Å²) < 4.78 is 11.5. The van der Waals surface area contributed by atoms with E-state index in [0.29, 0.717) is 32.8 Å². The maximum absolute atomic E-state index is 13.8. The van der Waals surface area contributed by atoms with Crippen molar-refractivity contribution >= 4 is 11.8 Å². The molecule has 1 saturated carbocycles. The summed E-state index contributed by atoms with van der Waals surface area (Å²) >= 11 is 0. The van der Waals surface area contributed by atoms with Crippen molar-refractivity contribution < 1.29 is 19.1 Å². The normalized spacial score (nSPS) is 25.8. The molecule has 3 aliphatic rings. The van der Waals surface area contributed by atoms with Crippen molar-refractivity contribution in [2.45, 2.75) is 30.9 Å². The highest BCUT2D eigenvalue weighted by molar-refractivity contribution is 5.90. The van der Waals surface area contributed by atoms with Gasteiger partial charge in [-0.2, -0.15) is 0 Å². The number of hydrogen-bond acceptors (Lipinski definition) is 5. The van der Waals surface area contributed by atoms with Crippen LogP contribution < -0.4 is 4.74 Å². The fraction of sp³-hybridized carbons (Fsp3) is 0.458. The number of aromatic nitrogens is 1. The lowest BCUT2D eigenvalue weighted by atomic mass is 9.83. The summed E-state index contributed by atoms with van der Waals surface area (Å²) in [5.41, 5.74) is 0.916. The summed E-state index contributed by atoms with van der Waals surface area (Å²) in [6.45, 7) is 2.28. The Morgan fingerprint density at radius 1 is 1.26 bits per heavy atom. The van der Waals surface area contributed by atoms with E-state index in [-0.39, 0.29) is 23.7 Å². The van der Waals surface area contributed by atoms with Crippen LogP contribution in [0.2, 0.25) is 0 Å². The number of nitrogens with zero attached hydrogens (tertiary/aromatic N) is 3. The van der Waals surface area contributed by atoms with Crippen molar-refractivity contribution in [1.82, 2.24) is 14.8 Å². The number of ether oxygens (including phenoxy) is 2. The van der Waals surface area contributed by atoms with E-state index >= 15 is 0 Å². The molecule has 2 saturated heterocycles. The number of amides is 2. The zero-order chi connectivity index (χ0) is 21.4. The van der Waals surface area contributed by atoms with E-state index in [2.05, 4.69) is 4.98 Å². The second kappa shape index (κ2) is 7.96. The second-order valence-electron chi connectivity index (χ2n) is 8.64. The molecule has 162 valence electrons. The summed E-state index contributed by atoms with van der Waals surface area (Å²) in [6, 6.07) is 11.6. The summed E-state index contributed by atoms with van der Waals surface area (Å²) in [7, 11) is 1.64. The van der Waals surface area contributed by atoms with Gasteiger partial charge in [0.15, 0.2) is 5.60 Å². The Morgan fingerprint density at radius 3 is 2.74 bits per heavy atom. The van der Waals surface area contributed by atoms with Crippen LogP contribution in [0.25, 0.3) is 0 Å². The van der Waals surface area contributed by atoms with E-state index in [4.69, 9.17) is 9.47 Å². The molecule has 3 heterocycles. The number of benzene rings is 1. The van der Waals surface area contributed by atoms with Crippen LogP contribution in [0.1, 0.15) is 29.9 Å². The molecule has 1 aliphatic carbocycles. The van der Waals surface area contributed by atoms with Crippen molar-refractivity contribution in [2.24, 2.45) is 5.92 Å². The van der Waals surface area contributed by atoms with Crippen LogP contribution >= 0.6 is 0 Å². The van der Waals surface area contributed by atoms with Gasteiger partial charge in [-0.15, -0.1) is 0 Å². The number of carbonyl (C=O) groups excluding carboxylic acids is 2. The summed E-state index contributed by atoms with van der Waals surface area (Å²) in [5, 5.41) is 0. The van der Waals surface area contributed by atoms with Crippen molar-refractivity contribution in [3.8, 4) is 5.75 Å². The number of pyridine rings is 1. The molecule has 7 nitrogen and oxygen atoms in total. The molecular formula is C24H27N3O4. The molecule has 31 heavy (non-hydrogen) atoms. The monoisotopic (exact) mass is 421 g/mol. The third-order valence-electron chi connectivity index (χ3n) is 6.62. The molecule has 2 aromatic rings. The summed E-state index contributed by atoms with van der Waals surface area (Å²) in [5.74, 6) is 0.771. The van der Waals surface area contributed by atoms with Crippen LogP contribution in [0, 0.1) is 5.92 Å². The van der Waals surface area contributed by atoms with Gasteiger partial charge in [0.2, 0.25) is 5.91 Å². The number of rotatable bonds is 5. The minimum absolute atomic E-state index is 0.0467. The Bertz CT molecular complexity index is 961. The van der Waals surface area contributed by atoms with Gasteiger partial charge in [0.25, 0.3) is 5.91 Å². The second-order valence-corrected chi connectivity index (χ2v) is 8.64. The average Bonchev–Trinajstić information content (AvgIpc) is 3.59. The summed E-state index contributed by atoms with van der Waals surface area (Å²) in [4.78, 5) is 34.7. The fourth-order valence-electron chi connectivity index (χ4n) is 4.77. The quantitative estimate of drug-likeness (QED) is 0.740. The van der Waals surface area contributed by atoms with Crippen LogP contribution in [-0.4, -0.2) is 65.6 Å². The Labute approximate surface area is 182 Å². The van der Waals surface area contributed by atoms with Crippen molar-refractivity contribution in [3.05, 3.63) is 59.9 Å². The molecule has 1 spiro atoms. The largest absolute Gasteiger partial charge is 0.497 e. The Balaban J connectivity index is 1.43. The Morgan fingerprint density at radius 2 is 2.06 bits per heavy atom. The third kappa shape index (κ3) is 3.67. The van der Waals surface area contributed by atoms with Gasteiger partial charge in [0.05, 0.1) is 20.3 Å². The number of methoxy groups -OCH3 is 1. The van der Waals surface area contributed by atoms with Gasteiger partial charge in [-0.1, -0.05) is 18.2 Å². The van der Waals surface area contributed by atoms with Crippen LogP contribution in [0.15, 0.2) is 48.8 Å². The lowest BCUT2D eigenvalue weighted by Gasteiger charge is -2.42. The first-order valence-corrected chi connectivity index (χ1v) is 10.9. The van der Waals surface area contributed by atoms with Crippen LogP contribution in [-0.2, 0) is 20.9 Å². The molecule has 2 atom stereocenters. The Hall–Kier alpha value is -2.93. The van der Waals surface area contributed by atoms with Gasteiger partial charge in [-0.05, 0) is 42.2 Å². The molecule has 0 unspecified atom stereocenters. The van der Waals surface area contributed by atoms with Crippen molar-refractivity contribution in [3.63, 3.8) is 0 Å². The van der Waals surface area contributed by atoms with Gasteiger partial charge >= 0.3 is 0 Å². The fourth-order valence-corrected chi connectivity index (χ4v) is 4.77. The van der Waals surface area contributed by atoms with E-state index in [1.165, 1.54) is 0 Å². The van der Waals surface area contributed by atoms with Crippen molar-refractivity contribution in [1.29, 1.82) is 0 Å². The van der Waals surface area contributed by atoms with Gasteiger partial charge in [-0.3, -0.25) is 14.6 Å². The molecule has 0 bridgehead atoms. The standard InChI is InChI=1S/C24H27N3O4/c1-30-20-8-4-17(5-9-20)14-26-11-12-31-24(23(26)29)16-27(22(28)18-6-7-18)15-21(24)19-3-2-10-25-13-19/h2-5,8-10,13,18,21H,6-7,11-12,14-16H2,1H3/t21-,24+/m0/s1. The van der Waals surface area contributed by atoms with E-state index in [1.807, 2.05) is 46.2 Å². The number of morpholine rings is 1. The lowest BCUT2D eigenvalue weighted by molar-refractivity contribution is -0.173. The molecule has 1 aromatic carbocycles. The number of hydrogen-bond donors (Lipinski definition) is 0. The van der Waals surface area contributed by atoms with E-state index in [0.717, 1.165) is 29.7 Å². The first kappa shape index (κ1) is 20.0. The molecule has 3 fully saturated rings. The first-order chi connectivity index (χ1) is 15.1. The lowest BCUT2D eigenvalue weighted by Crippen LogP contribution is -2.60. The highest BCUT2D eigenvalue weighted by atomic mass is 16.5. The van der Waals surface area contributed by atoms with Crippen LogP contribution in [0.3, 0.4) is 0 Å². The zero-order valence-corrected chi connectivity index (χ0v) is 17.7. The SMILES string of the molecule is COc1ccc(CN2CCO[C@@]3(CN(C(=O)C4CC4)C[C@H]3c3cccnc3)C2=O)cc1. The number of carbonyl (C=O) groups is 2. The maximum atomic E-state index is 13.8. The van der Waals surface area contributed by atoms with Crippen LogP contribution in [0.5, 0.6) is 5.75 Å². The molecule has 5 rings (SSSR count). The average molecular weight is 421 g/mol.